The van der Waals surface area contributed by atoms with Crippen molar-refractivity contribution < 1.29 is 28.9 Å². The minimum atomic E-state index is -1.07. The summed E-state index contributed by atoms with van der Waals surface area (Å²) >= 11 is 0. The van der Waals surface area contributed by atoms with Gasteiger partial charge in [0.05, 0.1) is 19.8 Å². The number of methoxy groups -OCH3 is 2. The number of carbonyl (C=O) groups is 2. The van der Waals surface area contributed by atoms with Crippen LogP contribution in [0.4, 0.5) is 4.79 Å². The molecule has 0 atom stereocenters. The van der Waals surface area contributed by atoms with E-state index in [-0.39, 0.29) is 5.57 Å². The Morgan fingerprint density at radius 1 is 0.889 bits per heavy atom. The molecule has 0 unspecified atom stereocenters. The first kappa shape index (κ1) is 26.0. The van der Waals surface area contributed by atoms with Crippen LogP contribution in [0.1, 0.15) is 23.1 Å². The van der Waals surface area contributed by atoms with E-state index in [4.69, 9.17) is 14.2 Å². The van der Waals surface area contributed by atoms with Crippen LogP contribution < -0.4 is 19.5 Å². The summed E-state index contributed by atoms with van der Waals surface area (Å²) in [6.07, 6.45) is 2.95. The number of nitroso groups, excluding NO2 is 1. The lowest BCUT2D eigenvalue weighted by Crippen LogP contribution is -2.20. The highest BCUT2D eigenvalue weighted by Crippen LogP contribution is 2.28. The Hall–Kier alpha value is -4.66. The molecule has 0 aliphatic heterocycles. The quantitative estimate of drug-likeness (QED) is 0.157. The van der Waals surface area contributed by atoms with Crippen molar-refractivity contribution in [2.24, 2.45) is 5.18 Å². The van der Waals surface area contributed by atoms with Crippen molar-refractivity contribution in [2.45, 2.75) is 12.8 Å². The number of carbonyl (C=O) groups excluding carboxylic acids is 1. The zero-order valence-electron chi connectivity index (χ0n) is 19.9. The number of aliphatic carboxylic acids is 1. The number of benzene rings is 3. The molecule has 0 spiro atoms. The molecule has 0 saturated carbocycles. The molecular weight excluding hydrogens is 464 g/mol. The molecular formula is C27H26N2O7. The molecule has 2 amide bonds. The van der Waals surface area contributed by atoms with Crippen LogP contribution >= 0.6 is 0 Å². The van der Waals surface area contributed by atoms with E-state index in [1.165, 1.54) is 14.2 Å². The molecule has 0 bridgehead atoms. The van der Waals surface area contributed by atoms with Crippen molar-refractivity contribution >= 4 is 23.6 Å². The van der Waals surface area contributed by atoms with Crippen LogP contribution in [-0.4, -0.2) is 37.9 Å². The number of urea groups is 1. The lowest BCUT2D eigenvalue weighted by Gasteiger charge is -2.10. The van der Waals surface area contributed by atoms with Gasteiger partial charge in [-0.3, -0.25) is 0 Å². The van der Waals surface area contributed by atoms with E-state index < -0.39 is 12.0 Å². The topological polar surface area (TPSA) is 124 Å². The fourth-order valence-corrected chi connectivity index (χ4v) is 3.43. The summed E-state index contributed by atoms with van der Waals surface area (Å²) in [7, 11) is 3.06. The summed E-state index contributed by atoms with van der Waals surface area (Å²) in [6, 6.07) is 18.6. The van der Waals surface area contributed by atoms with Gasteiger partial charge in [0.1, 0.15) is 23.0 Å². The van der Waals surface area contributed by atoms with Gasteiger partial charge in [-0.05, 0) is 72.0 Å². The third-order valence-electron chi connectivity index (χ3n) is 5.24. The summed E-state index contributed by atoms with van der Waals surface area (Å²) in [5.74, 6) is 1.23. The highest BCUT2D eigenvalue weighted by atomic mass is 16.5. The first-order valence-electron chi connectivity index (χ1n) is 11.1. The molecule has 0 saturated heterocycles. The van der Waals surface area contributed by atoms with Crippen LogP contribution in [0, 0.1) is 4.91 Å². The van der Waals surface area contributed by atoms with Gasteiger partial charge in [-0.2, -0.15) is 0 Å². The minimum absolute atomic E-state index is 0.112. The zero-order chi connectivity index (χ0) is 25.9. The molecule has 0 radical (unpaired) electrons. The van der Waals surface area contributed by atoms with Crippen molar-refractivity contribution in [1.29, 1.82) is 0 Å². The Morgan fingerprint density at radius 2 is 1.47 bits per heavy atom. The zero-order valence-corrected chi connectivity index (χ0v) is 19.9. The smallest absolute Gasteiger partial charge is 0.378 e. The molecule has 0 fully saturated rings. The van der Waals surface area contributed by atoms with Gasteiger partial charge in [-0.1, -0.05) is 24.3 Å². The summed E-state index contributed by atoms with van der Waals surface area (Å²) in [6.45, 7) is 0.368. The maximum Gasteiger partial charge on any atom is 0.378 e. The summed E-state index contributed by atoms with van der Waals surface area (Å²) in [5.41, 5.74) is 2.31. The maximum absolute atomic E-state index is 12.0. The van der Waals surface area contributed by atoms with Crippen LogP contribution in [0.15, 0.2) is 71.9 Å². The second-order valence-corrected chi connectivity index (χ2v) is 7.71. The molecule has 36 heavy (non-hydrogen) atoms. The number of carboxylic acids is 1. The van der Waals surface area contributed by atoms with Gasteiger partial charge in [0.15, 0.2) is 0 Å². The van der Waals surface area contributed by atoms with Gasteiger partial charge in [-0.15, -0.1) is 4.91 Å². The number of carboxylic acid groups (broad SMARTS) is 1. The fourth-order valence-electron chi connectivity index (χ4n) is 3.43. The van der Waals surface area contributed by atoms with E-state index in [1.54, 1.807) is 48.5 Å². The number of hydrogen-bond acceptors (Lipinski definition) is 6. The normalized spacial score (nSPS) is 10.9. The largest absolute Gasteiger partial charge is 0.497 e. The Morgan fingerprint density at radius 3 is 2.00 bits per heavy atom. The highest BCUT2D eigenvalue weighted by molar-refractivity contribution is 6.20. The Balaban J connectivity index is 1.67. The molecule has 2 N–H and O–H groups in total. The van der Waals surface area contributed by atoms with E-state index in [0.717, 1.165) is 12.0 Å². The molecule has 0 aromatic heterocycles. The van der Waals surface area contributed by atoms with Crippen molar-refractivity contribution in [2.75, 3.05) is 20.8 Å². The highest BCUT2D eigenvalue weighted by Gasteiger charge is 2.12. The van der Waals surface area contributed by atoms with Gasteiger partial charge >= 0.3 is 12.0 Å². The fraction of sp³-hybridized carbons (Fsp3) is 0.185. The first-order valence-corrected chi connectivity index (χ1v) is 11.1. The van der Waals surface area contributed by atoms with E-state index in [1.807, 2.05) is 24.3 Å². The van der Waals surface area contributed by atoms with Crippen molar-refractivity contribution in [1.82, 2.24) is 5.32 Å². The predicted octanol–water partition coefficient (Wildman–Crippen LogP) is 5.53. The van der Waals surface area contributed by atoms with Crippen LogP contribution in [0.5, 0.6) is 23.0 Å². The van der Waals surface area contributed by atoms with Gasteiger partial charge in [0, 0.05) is 17.8 Å². The molecule has 0 aliphatic carbocycles. The molecule has 9 heteroatoms. The summed E-state index contributed by atoms with van der Waals surface area (Å²) < 4.78 is 16.4. The lowest BCUT2D eigenvalue weighted by molar-refractivity contribution is -0.130. The molecule has 186 valence electrons. The maximum atomic E-state index is 12.0. The standard InChI is InChI=1S/C27H26N2O7/c1-34-23-14-19(15-24(17-23)35-2)16-25(26(30)31)20-7-11-22(12-8-20)36-21-9-5-18(6-10-21)4-3-13-28-27(32)29-33/h5-12,14-17H,3-4,13H2,1-2H3,(H,28,32)(H,30,31). The lowest BCUT2D eigenvalue weighted by atomic mass is 10.0. The number of rotatable bonds is 11. The second kappa shape index (κ2) is 12.7. The number of aryl methyl sites for hydroxylation is 1. The number of ether oxygens (including phenoxy) is 3. The van der Waals surface area contributed by atoms with E-state index in [0.29, 0.717) is 47.1 Å². The van der Waals surface area contributed by atoms with E-state index in [2.05, 4.69) is 10.5 Å². The number of amides is 2. The molecule has 3 rings (SSSR count). The Bertz CT molecular complexity index is 1210. The van der Waals surface area contributed by atoms with Crippen molar-refractivity contribution in [3.8, 4) is 23.0 Å². The Labute approximate surface area is 208 Å². The molecule has 0 aliphatic rings. The van der Waals surface area contributed by atoms with Crippen LogP contribution in [0.2, 0.25) is 0 Å². The minimum Gasteiger partial charge on any atom is -0.497 e. The van der Waals surface area contributed by atoms with Gasteiger partial charge in [-0.25, -0.2) is 9.59 Å². The predicted molar refractivity (Wildman–Crippen MR) is 136 cm³/mol. The SMILES string of the molecule is COc1cc(C=C(C(=O)O)c2ccc(Oc3ccc(CCCNC(=O)N=O)cc3)cc2)cc(OC)c1. The molecule has 9 nitrogen and oxygen atoms in total. The third-order valence-corrected chi connectivity index (χ3v) is 5.24. The third kappa shape index (κ3) is 7.42. The molecule has 3 aromatic carbocycles. The summed E-state index contributed by atoms with van der Waals surface area (Å²) in [5, 5.41) is 14.5. The van der Waals surface area contributed by atoms with Gasteiger partial charge < -0.3 is 24.6 Å². The number of nitrogens with one attached hydrogen (secondary N) is 1. The van der Waals surface area contributed by atoms with Gasteiger partial charge in [0.25, 0.3) is 0 Å². The van der Waals surface area contributed by atoms with E-state index in [9.17, 15) is 19.6 Å². The van der Waals surface area contributed by atoms with E-state index >= 15 is 0 Å². The monoisotopic (exact) mass is 490 g/mol. The molecule has 3 aromatic rings. The Kier molecular flexibility index (Phi) is 9.16. The van der Waals surface area contributed by atoms with Crippen LogP contribution in [0.3, 0.4) is 0 Å². The number of hydrogen-bond donors (Lipinski definition) is 2. The first-order chi connectivity index (χ1) is 17.4. The second-order valence-electron chi connectivity index (χ2n) is 7.71. The van der Waals surface area contributed by atoms with Crippen molar-refractivity contribution in [3.05, 3.63) is 88.3 Å². The van der Waals surface area contributed by atoms with Gasteiger partial charge in [0.2, 0.25) is 0 Å². The average molecular weight is 491 g/mol. The average Bonchev–Trinajstić information content (AvgIpc) is 2.90. The van der Waals surface area contributed by atoms with Crippen molar-refractivity contribution in [3.63, 3.8) is 0 Å². The number of nitrogens with zero attached hydrogens (tertiary/aromatic N) is 1. The van der Waals surface area contributed by atoms with Crippen LogP contribution in [0.25, 0.3) is 11.6 Å². The van der Waals surface area contributed by atoms with Crippen LogP contribution in [-0.2, 0) is 11.2 Å². The summed E-state index contributed by atoms with van der Waals surface area (Å²) in [4.78, 5) is 32.8. The molecule has 0 heterocycles.